The minimum absolute atomic E-state index is 0.0117. The second-order valence-corrected chi connectivity index (χ2v) is 8.97. The number of amides is 2. The van der Waals surface area contributed by atoms with Crippen LogP contribution in [0.4, 0.5) is 8.78 Å². The predicted octanol–water partition coefficient (Wildman–Crippen LogP) is 3.95. The zero-order chi connectivity index (χ0) is 23.2. The number of halogens is 2. The summed E-state index contributed by atoms with van der Waals surface area (Å²) in [5, 5.41) is 0. The van der Waals surface area contributed by atoms with Gasteiger partial charge in [0.1, 0.15) is 11.6 Å². The molecule has 5 nitrogen and oxygen atoms in total. The van der Waals surface area contributed by atoms with Gasteiger partial charge in [-0.3, -0.25) is 9.59 Å². The average molecular weight is 457 g/mol. The molecule has 2 amide bonds. The lowest BCUT2D eigenvalue weighted by Gasteiger charge is -2.36. The Morgan fingerprint density at radius 1 is 1.00 bits per heavy atom. The summed E-state index contributed by atoms with van der Waals surface area (Å²) < 4.78 is 32.6. The fourth-order valence-electron chi connectivity index (χ4n) is 4.67. The summed E-state index contributed by atoms with van der Waals surface area (Å²) in [6.45, 7) is 2.46. The summed E-state index contributed by atoms with van der Waals surface area (Å²) in [4.78, 5) is 29.9. The van der Waals surface area contributed by atoms with Crippen molar-refractivity contribution >= 4 is 11.8 Å². The minimum atomic E-state index is -0.334. The van der Waals surface area contributed by atoms with Gasteiger partial charge >= 0.3 is 0 Å². The molecule has 2 atom stereocenters. The lowest BCUT2D eigenvalue weighted by atomic mass is 9.95. The van der Waals surface area contributed by atoms with Gasteiger partial charge in [0.2, 0.25) is 11.8 Å². The Hall–Kier alpha value is -2.80. The molecule has 0 N–H and O–H groups in total. The zero-order valence-electron chi connectivity index (χ0n) is 18.7. The molecule has 4 rings (SSSR count). The van der Waals surface area contributed by atoms with E-state index < -0.39 is 0 Å². The van der Waals surface area contributed by atoms with E-state index in [4.69, 9.17) is 4.74 Å². The van der Waals surface area contributed by atoms with E-state index >= 15 is 0 Å². The Labute approximate surface area is 193 Å². The molecule has 2 aromatic rings. The lowest BCUT2D eigenvalue weighted by molar-refractivity contribution is -0.142. The normalized spacial score (nSPS) is 20.6. The first-order chi connectivity index (χ1) is 16.0. The van der Waals surface area contributed by atoms with Gasteiger partial charge in [-0.25, -0.2) is 8.78 Å². The van der Waals surface area contributed by atoms with E-state index in [9.17, 15) is 18.4 Å². The molecular formula is C26H30F2N2O3. The maximum absolute atomic E-state index is 13.7. The fraction of sp³-hybridized carbons (Fsp3) is 0.462. The third kappa shape index (κ3) is 6.38. The second-order valence-electron chi connectivity index (χ2n) is 8.97. The van der Waals surface area contributed by atoms with E-state index in [1.165, 1.54) is 24.3 Å². The summed E-state index contributed by atoms with van der Waals surface area (Å²) >= 11 is 0. The topological polar surface area (TPSA) is 49.9 Å². The molecule has 7 heteroatoms. The van der Waals surface area contributed by atoms with Crippen molar-refractivity contribution in [1.82, 2.24) is 9.80 Å². The Kier molecular flexibility index (Phi) is 7.70. The van der Waals surface area contributed by atoms with Crippen LogP contribution in [0.3, 0.4) is 0 Å². The molecule has 0 aromatic heterocycles. The van der Waals surface area contributed by atoms with Gasteiger partial charge < -0.3 is 14.5 Å². The number of hydrogen-bond acceptors (Lipinski definition) is 3. The van der Waals surface area contributed by atoms with E-state index in [2.05, 4.69) is 0 Å². The number of rotatable bonds is 7. The molecule has 2 aliphatic rings. The lowest BCUT2D eigenvalue weighted by Crippen LogP contribution is -2.48. The van der Waals surface area contributed by atoms with Crippen molar-refractivity contribution in [3.05, 3.63) is 71.3 Å². The maximum atomic E-state index is 13.7. The molecule has 2 aromatic carbocycles. The summed E-state index contributed by atoms with van der Waals surface area (Å²) in [6.07, 6.45) is 3.51. The van der Waals surface area contributed by atoms with Crippen LogP contribution < -0.4 is 0 Å². The van der Waals surface area contributed by atoms with Crippen molar-refractivity contribution < 1.29 is 23.1 Å². The molecule has 2 heterocycles. The molecule has 0 bridgehead atoms. The molecule has 176 valence electrons. The fourth-order valence-corrected chi connectivity index (χ4v) is 4.67. The first-order valence-corrected chi connectivity index (χ1v) is 11.6. The first-order valence-electron chi connectivity index (χ1n) is 11.6. The largest absolute Gasteiger partial charge is 0.376 e. The van der Waals surface area contributed by atoms with Crippen LogP contribution in [-0.4, -0.2) is 54.0 Å². The van der Waals surface area contributed by atoms with Crippen LogP contribution in [0, 0.1) is 17.6 Å². The molecule has 2 saturated heterocycles. The molecule has 0 aliphatic carbocycles. The van der Waals surface area contributed by atoms with Gasteiger partial charge in [0, 0.05) is 32.8 Å². The summed E-state index contributed by atoms with van der Waals surface area (Å²) in [7, 11) is 0. The highest BCUT2D eigenvalue weighted by atomic mass is 19.1. The van der Waals surface area contributed by atoms with Crippen molar-refractivity contribution in [1.29, 1.82) is 0 Å². The summed E-state index contributed by atoms with van der Waals surface area (Å²) in [5.41, 5.74) is 1.49. The highest BCUT2D eigenvalue weighted by molar-refractivity contribution is 5.82. The number of carbonyl (C=O) groups excluding carboxylic acids is 2. The van der Waals surface area contributed by atoms with Gasteiger partial charge in [-0.2, -0.15) is 0 Å². The minimum Gasteiger partial charge on any atom is -0.376 e. The van der Waals surface area contributed by atoms with Gasteiger partial charge in [0.25, 0.3) is 0 Å². The number of benzene rings is 2. The van der Waals surface area contributed by atoms with E-state index in [1.807, 2.05) is 6.07 Å². The van der Waals surface area contributed by atoms with Crippen molar-refractivity contribution in [2.24, 2.45) is 5.92 Å². The van der Waals surface area contributed by atoms with Gasteiger partial charge in [-0.05, 0) is 61.1 Å². The van der Waals surface area contributed by atoms with Gasteiger partial charge in [-0.15, -0.1) is 0 Å². The van der Waals surface area contributed by atoms with Crippen molar-refractivity contribution in [2.45, 2.75) is 44.8 Å². The van der Waals surface area contributed by atoms with Crippen LogP contribution in [0.25, 0.3) is 0 Å². The van der Waals surface area contributed by atoms with Crippen molar-refractivity contribution in [3.8, 4) is 0 Å². The maximum Gasteiger partial charge on any atom is 0.227 e. The number of likely N-dealkylation sites (tertiary alicyclic amines) is 1. The predicted molar refractivity (Wildman–Crippen MR) is 120 cm³/mol. The molecule has 2 fully saturated rings. The van der Waals surface area contributed by atoms with E-state index in [-0.39, 0.29) is 41.9 Å². The molecule has 2 aliphatic heterocycles. The third-order valence-corrected chi connectivity index (χ3v) is 6.41. The Morgan fingerprint density at radius 3 is 2.55 bits per heavy atom. The van der Waals surface area contributed by atoms with Crippen LogP contribution in [0.2, 0.25) is 0 Å². The number of carbonyl (C=O) groups is 2. The number of piperidine rings is 1. The van der Waals surface area contributed by atoms with Crippen LogP contribution in [0.5, 0.6) is 0 Å². The Bertz CT molecular complexity index is 960. The van der Waals surface area contributed by atoms with Gasteiger partial charge in [0.15, 0.2) is 0 Å². The Morgan fingerprint density at radius 2 is 1.82 bits per heavy atom. The monoisotopic (exact) mass is 456 g/mol. The van der Waals surface area contributed by atoms with E-state index in [1.54, 1.807) is 28.0 Å². The van der Waals surface area contributed by atoms with Crippen molar-refractivity contribution in [3.63, 3.8) is 0 Å². The number of ether oxygens (including phenoxy) is 1. The first kappa shape index (κ1) is 23.4. The molecule has 33 heavy (non-hydrogen) atoms. The number of nitrogens with zero attached hydrogens (tertiary/aromatic N) is 2. The highest BCUT2D eigenvalue weighted by Gasteiger charge is 2.33. The molecule has 0 spiro atoms. The highest BCUT2D eigenvalue weighted by Crippen LogP contribution is 2.23. The quantitative estimate of drug-likeness (QED) is 0.634. The van der Waals surface area contributed by atoms with Crippen molar-refractivity contribution in [2.75, 3.05) is 26.2 Å². The summed E-state index contributed by atoms with van der Waals surface area (Å²) in [6, 6.07) is 12.2. The molecule has 0 radical (unpaired) electrons. The average Bonchev–Trinajstić information content (AvgIpc) is 3.33. The molecule has 2 unspecified atom stereocenters. The van der Waals surface area contributed by atoms with Gasteiger partial charge in [0.05, 0.1) is 18.4 Å². The third-order valence-electron chi connectivity index (χ3n) is 6.41. The Balaban J connectivity index is 1.42. The van der Waals surface area contributed by atoms with Crippen LogP contribution in [-0.2, 0) is 27.3 Å². The van der Waals surface area contributed by atoms with Crippen LogP contribution in [0.1, 0.15) is 36.8 Å². The summed E-state index contributed by atoms with van der Waals surface area (Å²) in [5.74, 6) is -1.04. The smallest absolute Gasteiger partial charge is 0.227 e. The van der Waals surface area contributed by atoms with E-state index in [0.29, 0.717) is 39.2 Å². The van der Waals surface area contributed by atoms with Crippen LogP contribution in [0.15, 0.2) is 48.5 Å². The zero-order valence-corrected chi connectivity index (χ0v) is 18.7. The molecule has 0 saturated carbocycles. The van der Waals surface area contributed by atoms with Crippen LogP contribution >= 0.6 is 0 Å². The standard InChI is InChI=1S/C26H30F2N2O3/c27-22-10-8-19(9-11-22)15-25(31)29-12-2-5-21(17-29)26(32)30(18-24-7-3-13-33-24)16-20-4-1-6-23(28)14-20/h1,4,6,8-11,14,21,24H,2-3,5,7,12-13,15-18H2. The number of hydrogen-bond donors (Lipinski definition) is 0. The van der Waals surface area contributed by atoms with E-state index in [0.717, 1.165) is 30.4 Å². The second kappa shape index (κ2) is 10.9. The molecular weight excluding hydrogens is 426 g/mol. The SMILES string of the molecule is O=C(Cc1ccc(F)cc1)N1CCCC(C(=O)N(Cc2cccc(F)c2)CC2CCCO2)C1. The van der Waals surface area contributed by atoms with Gasteiger partial charge in [-0.1, -0.05) is 24.3 Å².